The molecule has 3 unspecified atom stereocenters. The number of amides is 1. The Labute approximate surface area is 211 Å². The maximum atomic E-state index is 13.4. The second kappa shape index (κ2) is 10.9. The molecule has 2 saturated heterocycles. The molecule has 2 aromatic heterocycles. The molecular weight excluding hydrogens is 456 g/mol. The van der Waals surface area contributed by atoms with E-state index in [2.05, 4.69) is 38.9 Å². The van der Waals surface area contributed by atoms with Crippen molar-refractivity contribution in [3.63, 3.8) is 0 Å². The molecule has 3 atom stereocenters. The van der Waals surface area contributed by atoms with Crippen LogP contribution in [0.4, 0.5) is 5.82 Å². The molecule has 1 amide bonds. The Morgan fingerprint density at radius 3 is 2.53 bits per heavy atom. The second-order valence-electron chi connectivity index (χ2n) is 9.64. The number of nitrogens with zero attached hydrogens (tertiary/aromatic N) is 5. The molecule has 1 aromatic carbocycles. The summed E-state index contributed by atoms with van der Waals surface area (Å²) in [6.45, 7) is 11.0. The van der Waals surface area contributed by atoms with Crippen molar-refractivity contribution >= 4 is 22.6 Å². The number of benzene rings is 1. The smallest absolute Gasteiger partial charge is 0.252 e. The fraction of sp³-hybridized carbons (Fsp3) is 0.481. The minimum Gasteiger partial charge on any atom is -0.379 e. The van der Waals surface area contributed by atoms with Crippen LogP contribution in [0.25, 0.3) is 10.9 Å². The first-order valence-corrected chi connectivity index (χ1v) is 12.7. The number of ether oxygens (including phenoxy) is 2. The number of aromatic nitrogens is 3. The van der Waals surface area contributed by atoms with Crippen molar-refractivity contribution in [1.29, 1.82) is 0 Å². The number of carbonyl (C=O) groups is 1. The molecule has 0 radical (unpaired) electrons. The SMILES string of the molecule is Cc1ncc(C(CNC(=O)c2cccc3nc(N4CC(C)OC(C)C4)ccc23)N2CCOCC2)cn1. The summed E-state index contributed by atoms with van der Waals surface area (Å²) in [7, 11) is 0. The van der Waals surface area contributed by atoms with E-state index < -0.39 is 0 Å². The van der Waals surface area contributed by atoms with Crippen LogP contribution in [-0.4, -0.2) is 83.9 Å². The number of pyridine rings is 1. The Morgan fingerprint density at radius 1 is 1.08 bits per heavy atom. The number of fused-ring (bicyclic) bond motifs is 1. The first-order chi connectivity index (χ1) is 17.5. The van der Waals surface area contributed by atoms with E-state index >= 15 is 0 Å². The molecule has 36 heavy (non-hydrogen) atoms. The largest absolute Gasteiger partial charge is 0.379 e. The number of nitrogens with one attached hydrogen (secondary N) is 1. The van der Waals surface area contributed by atoms with Crippen LogP contribution in [0.5, 0.6) is 0 Å². The predicted molar refractivity (Wildman–Crippen MR) is 138 cm³/mol. The van der Waals surface area contributed by atoms with Crippen molar-refractivity contribution < 1.29 is 14.3 Å². The summed E-state index contributed by atoms with van der Waals surface area (Å²) >= 11 is 0. The first-order valence-electron chi connectivity index (χ1n) is 12.7. The molecule has 3 aromatic rings. The topological polar surface area (TPSA) is 92.7 Å². The number of hydrogen-bond donors (Lipinski definition) is 1. The van der Waals surface area contributed by atoms with Gasteiger partial charge in [0.25, 0.3) is 5.91 Å². The molecule has 1 N–H and O–H groups in total. The zero-order chi connectivity index (χ0) is 25.1. The number of rotatable bonds is 6. The zero-order valence-electron chi connectivity index (χ0n) is 21.2. The van der Waals surface area contributed by atoms with Crippen LogP contribution in [0.1, 0.15) is 41.6 Å². The highest BCUT2D eigenvalue weighted by atomic mass is 16.5. The summed E-state index contributed by atoms with van der Waals surface area (Å²) in [5.41, 5.74) is 2.42. The number of aryl methyl sites for hydroxylation is 1. The quantitative estimate of drug-likeness (QED) is 0.564. The van der Waals surface area contributed by atoms with Crippen LogP contribution in [0, 0.1) is 6.92 Å². The van der Waals surface area contributed by atoms with Gasteiger partial charge >= 0.3 is 0 Å². The van der Waals surface area contributed by atoms with Gasteiger partial charge in [-0.1, -0.05) is 6.07 Å². The first kappa shape index (κ1) is 24.5. The third kappa shape index (κ3) is 5.48. The second-order valence-corrected chi connectivity index (χ2v) is 9.64. The highest BCUT2D eigenvalue weighted by molar-refractivity contribution is 6.06. The van der Waals surface area contributed by atoms with Crippen molar-refractivity contribution in [1.82, 2.24) is 25.2 Å². The normalized spacial score (nSPS) is 21.9. The summed E-state index contributed by atoms with van der Waals surface area (Å²) in [6.07, 6.45) is 4.01. The van der Waals surface area contributed by atoms with Gasteiger partial charge in [-0.05, 0) is 45.0 Å². The van der Waals surface area contributed by atoms with Crippen molar-refractivity contribution in [3.8, 4) is 0 Å². The lowest BCUT2D eigenvalue weighted by molar-refractivity contribution is -0.00544. The zero-order valence-corrected chi connectivity index (χ0v) is 21.2. The Morgan fingerprint density at radius 2 is 1.81 bits per heavy atom. The lowest BCUT2D eigenvalue weighted by atomic mass is 10.1. The van der Waals surface area contributed by atoms with Gasteiger partial charge in [0.05, 0.1) is 37.0 Å². The summed E-state index contributed by atoms with van der Waals surface area (Å²) in [4.78, 5) is 31.6. The standard InChI is InChI=1S/C27H34N6O3/c1-18-16-33(17-19(2)36-18)26-8-7-22-23(5-4-6-24(22)31-26)27(34)30-15-25(32-9-11-35-12-10-32)21-13-28-20(3)29-14-21/h4-8,13-14,18-19,25H,9-12,15-17H2,1-3H3,(H,30,34). The molecular formula is C27H34N6O3. The average Bonchev–Trinajstić information content (AvgIpc) is 2.89. The molecule has 190 valence electrons. The van der Waals surface area contributed by atoms with Gasteiger partial charge in [0, 0.05) is 61.6 Å². The van der Waals surface area contributed by atoms with E-state index in [0.717, 1.165) is 54.3 Å². The maximum absolute atomic E-state index is 13.4. The van der Waals surface area contributed by atoms with E-state index in [0.29, 0.717) is 25.3 Å². The van der Waals surface area contributed by atoms with Crippen LogP contribution in [0.3, 0.4) is 0 Å². The molecule has 9 nitrogen and oxygen atoms in total. The highest BCUT2D eigenvalue weighted by Crippen LogP contribution is 2.25. The Hall–Kier alpha value is -3.14. The highest BCUT2D eigenvalue weighted by Gasteiger charge is 2.25. The molecule has 0 aliphatic carbocycles. The minimum atomic E-state index is -0.116. The van der Waals surface area contributed by atoms with Gasteiger partial charge in [-0.25, -0.2) is 15.0 Å². The lowest BCUT2D eigenvalue weighted by Crippen LogP contribution is -2.45. The van der Waals surface area contributed by atoms with Gasteiger partial charge < -0.3 is 19.7 Å². The van der Waals surface area contributed by atoms with Crippen molar-refractivity contribution in [2.45, 2.75) is 39.0 Å². The van der Waals surface area contributed by atoms with Crippen LogP contribution in [-0.2, 0) is 9.47 Å². The van der Waals surface area contributed by atoms with Gasteiger partial charge in [-0.15, -0.1) is 0 Å². The molecule has 4 heterocycles. The monoisotopic (exact) mass is 490 g/mol. The van der Waals surface area contributed by atoms with Gasteiger partial charge in [0.15, 0.2) is 0 Å². The maximum Gasteiger partial charge on any atom is 0.252 e. The summed E-state index contributed by atoms with van der Waals surface area (Å²) in [5, 5.41) is 4.00. The lowest BCUT2D eigenvalue weighted by Gasteiger charge is -2.36. The number of hydrogen-bond acceptors (Lipinski definition) is 8. The third-order valence-corrected chi connectivity index (χ3v) is 6.83. The van der Waals surface area contributed by atoms with Crippen molar-refractivity contribution in [2.75, 3.05) is 50.8 Å². The fourth-order valence-electron chi connectivity index (χ4n) is 5.09. The van der Waals surface area contributed by atoms with Gasteiger partial charge in [-0.2, -0.15) is 0 Å². The Balaban J connectivity index is 1.34. The third-order valence-electron chi connectivity index (χ3n) is 6.83. The van der Waals surface area contributed by atoms with Crippen LogP contribution < -0.4 is 10.2 Å². The average molecular weight is 491 g/mol. The number of morpholine rings is 2. The van der Waals surface area contributed by atoms with E-state index in [1.165, 1.54) is 0 Å². The molecule has 2 fully saturated rings. The van der Waals surface area contributed by atoms with E-state index in [-0.39, 0.29) is 24.2 Å². The van der Waals surface area contributed by atoms with Crippen molar-refractivity contribution in [2.24, 2.45) is 0 Å². The molecule has 5 rings (SSSR count). The number of anilines is 1. The van der Waals surface area contributed by atoms with Gasteiger partial charge in [-0.3, -0.25) is 9.69 Å². The fourth-order valence-corrected chi connectivity index (χ4v) is 5.09. The van der Waals surface area contributed by atoms with Crippen LogP contribution in [0.2, 0.25) is 0 Å². The summed E-state index contributed by atoms with van der Waals surface area (Å²) in [6, 6.07) is 9.70. The van der Waals surface area contributed by atoms with E-state index in [4.69, 9.17) is 14.5 Å². The predicted octanol–water partition coefficient (Wildman–Crippen LogP) is 2.75. The molecule has 2 aliphatic heterocycles. The summed E-state index contributed by atoms with van der Waals surface area (Å²) < 4.78 is 11.4. The van der Waals surface area contributed by atoms with Crippen molar-refractivity contribution in [3.05, 3.63) is 59.7 Å². The Kier molecular flexibility index (Phi) is 7.41. The molecule has 0 spiro atoms. The van der Waals surface area contributed by atoms with Gasteiger partial charge in [0.1, 0.15) is 11.6 Å². The van der Waals surface area contributed by atoms with Crippen LogP contribution in [0.15, 0.2) is 42.7 Å². The molecule has 0 bridgehead atoms. The molecule has 9 heteroatoms. The molecule has 2 aliphatic rings. The number of carbonyl (C=O) groups excluding carboxylic acids is 1. The van der Waals surface area contributed by atoms with E-state index in [1.807, 2.05) is 49.6 Å². The molecule has 0 saturated carbocycles. The van der Waals surface area contributed by atoms with E-state index in [1.54, 1.807) is 0 Å². The summed E-state index contributed by atoms with van der Waals surface area (Å²) in [5.74, 6) is 1.52. The van der Waals surface area contributed by atoms with E-state index in [9.17, 15) is 4.79 Å². The van der Waals surface area contributed by atoms with Crippen LogP contribution >= 0.6 is 0 Å². The Bertz CT molecular complexity index is 1190. The minimum absolute atomic E-state index is 0.0246. The van der Waals surface area contributed by atoms with Gasteiger partial charge in [0.2, 0.25) is 0 Å².